The monoisotopic (exact) mass is 362 g/mol. The number of aryl methyl sites for hydroxylation is 1. The maximum absolute atomic E-state index is 14.4. The Balaban J connectivity index is 1.78. The van der Waals surface area contributed by atoms with Gasteiger partial charge in [-0.3, -0.25) is 4.68 Å². The van der Waals surface area contributed by atoms with E-state index in [9.17, 15) is 4.39 Å². The van der Waals surface area contributed by atoms with Crippen molar-refractivity contribution >= 4 is 22.8 Å². The lowest BCUT2D eigenvalue weighted by molar-refractivity contribution is 0.619. The first-order chi connectivity index (χ1) is 13.0. The van der Waals surface area contributed by atoms with Gasteiger partial charge in [0.15, 0.2) is 11.5 Å². The molecule has 0 aliphatic carbocycles. The van der Waals surface area contributed by atoms with Crippen LogP contribution < -0.4 is 5.32 Å². The second-order valence-electron chi connectivity index (χ2n) is 6.42. The lowest BCUT2D eigenvalue weighted by atomic mass is 10.1. The molecular weight excluding hydrogens is 345 g/mol. The van der Waals surface area contributed by atoms with Crippen LogP contribution in [0.25, 0.3) is 22.3 Å². The average Bonchev–Trinajstić information content (AvgIpc) is 2.99. The SMILES string of the molecule is CC(C)c1c2cc(-c3nc(Nc4cc[c]cn4)ncc3F)cnc2nn1C. The van der Waals surface area contributed by atoms with Gasteiger partial charge in [0, 0.05) is 36.5 Å². The van der Waals surface area contributed by atoms with E-state index < -0.39 is 5.82 Å². The van der Waals surface area contributed by atoms with Gasteiger partial charge in [0.1, 0.15) is 11.5 Å². The van der Waals surface area contributed by atoms with Crippen LogP contribution in [-0.4, -0.2) is 29.7 Å². The van der Waals surface area contributed by atoms with Gasteiger partial charge >= 0.3 is 0 Å². The first-order valence-corrected chi connectivity index (χ1v) is 8.47. The summed E-state index contributed by atoms with van der Waals surface area (Å²) in [7, 11) is 1.88. The molecule has 0 saturated heterocycles. The van der Waals surface area contributed by atoms with Gasteiger partial charge in [-0.2, -0.15) is 5.10 Å². The van der Waals surface area contributed by atoms with E-state index >= 15 is 0 Å². The van der Waals surface area contributed by atoms with Gasteiger partial charge in [0.05, 0.1) is 11.9 Å². The molecule has 135 valence electrons. The summed E-state index contributed by atoms with van der Waals surface area (Å²) in [5, 5.41) is 8.26. The highest BCUT2D eigenvalue weighted by Crippen LogP contribution is 2.29. The van der Waals surface area contributed by atoms with Gasteiger partial charge in [-0.1, -0.05) is 13.8 Å². The van der Waals surface area contributed by atoms with Crippen molar-refractivity contribution in [3.8, 4) is 11.3 Å². The Kier molecular flexibility index (Phi) is 4.23. The quantitative estimate of drug-likeness (QED) is 0.597. The molecule has 4 aromatic heterocycles. The Bertz CT molecular complexity index is 1110. The maximum Gasteiger partial charge on any atom is 0.229 e. The van der Waals surface area contributed by atoms with Crippen LogP contribution in [0, 0.1) is 11.9 Å². The van der Waals surface area contributed by atoms with Crippen molar-refractivity contribution in [1.82, 2.24) is 29.7 Å². The predicted molar refractivity (Wildman–Crippen MR) is 99.9 cm³/mol. The number of hydrogen-bond donors (Lipinski definition) is 1. The largest absolute Gasteiger partial charge is 0.309 e. The van der Waals surface area contributed by atoms with Crippen LogP contribution >= 0.6 is 0 Å². The summed E-state index contributed by atoms with van der Waals surface area (Å²) in [5.74, 6) is 0.534. The molecule has 0 atom stereocenters. The molecule has 0 aliphatic rings. The minimum atomic E-state index is -0.522. The third-order valence-corrected chi connectivity index (χ3v) is 4.16. The molecule has 4 rings (SSSR count). The fourth-order valence-electron chi connectivity index (χ4n) is 3.05. The average molecular weight is 362 g/mol. The summed E-state index contributed by atoms with van der Waals surface area (Å²) in [6.45, 7) is 4.17. The van der Waals surface area contributed by atoms with Crippen molar-refractivity contribution < 1.29 is 4.39 Å². The summed E-state index contributed by atoms with van der Waals surface area (Å²) in [5.41, 5.74) is 2.40. The molecule has 7 nitrogen and oxygen atoms in total. The second kappa shape index (κ2) is 6.71. The molecule has 0 unspecified atom stereocenters. The zero-order valence-electron chi connectivity index (χ0n) is 15.1. The second-order valence-corrected chi connectivity index (χ2v) is 6.42. The van der Waals surface area contributed by atoms with Gasteiger partial charge in [-0.05, 0) is 24.1 Å². The van der Waals surface area contributed by atoms with Crippen LogP contribution in [0.3, 0.4) is 0 Å². The first-order valence-electron chi connectivity index (χ1n) is 8.47. The number of pyridine rings is 2. The van der Waals surface area contributed by atoms with E-state index in [0.29, 0.717) is 17.0 Å². The van der Waals surface area contributed by atoms with Gasteiger partial charge in [-0.25, -0.2) is 24.3 Å². The van der Waals surface area contributed by atoms with E-state index in [1.807, 2.05) is 17.8 Å². The highest BCUT2D eigenvalue weighted by molar-refractivity contribution is 5.83. The van der Waals surface area contributed by atoms with Gasteiger partial charge < -0.3 is 5.32 Å². The summed E-state index contributed by atoms with van der Waals surface area (Å²) in [4.78, 5) is 16.8. The highest BCUT2D eigenvalue weighted by atomic mass is 19.1. The molecule has 0 aliphatic heterocycles. The third kappa shape index (κ3) is 3.21. The smallest absolute Gasteiger partial charge is 0.229 e. The van der Waals surface area contributed by atoms with E-state index in [1.165, 1.54) is 6.20 Å². The normalized spacial score (nSPS) is 11.3. The predicted octanol–water partition coefficient (Wildman–Crippen LogP) is 3.63. The van der Waals surface area contributed by atoms with E-state index in [4.69, 9.17) is 0 Å². The van der Waals surface area contributed by atoms with Crippen molar-refractivity contribution in [3.63, 3.8) is 0 Å². The first kappa shape index (κ1) is 17.0. The number of fused-ring (bicyclic) bond motifs is 1. The number of anilines is 2. The molecule has 8 heteroatoms. The number of aromatic nitrogens is 6. The highest BCUT2D eigenvalue weighted by Gasteiger charge is 2.17. The molecule has 27 heavy (non-hydrogen) atoms. The van der Waals surface area contributed by atoms with E-state index in [-0.39, 0.29) is 17.6 Å². The van der Waals surface area contributed by atoms with Gasteiger partial charge in [-0.15, -0.1) is 0 Å². The van der Waals surface area contributed by atoms with E-state index in [0.717, 1.165) is 17.3 Å². The zero-order valence-corrected chi connectivity index (χ0v) is 15.1. The fraction of sp³-hybridized carbons (Fsp3) is 0.211. The Hall–Kier alpha value is -3.42. The Labute approximate surface area is 155 Å². The van der Waals surface area contributed by atoms with Crippen molar-refractivity contribution in [2.75, 3.05) is 5.32 Å². The van der Waals surface area contributed by atoms with Crippen LogP contribution in [0.4, 0.5) is 16.2 Å². The van der Waals surface area contributed by atoms with Crippen molar-refractivity contribution in [2.24, 2.45) is 7.05 Å². The lowest BCUT2D eigenvalue weighted by Crippen LogP contribution is -2.02. The molecule has 0 fully saturated rings. The fourth-order valence-corrected chi connectivity index (χ4v) is 3.05. The standard InChI is InChI=1S/C19H17FN7/c1-11(2)17-13-8-12(9-22-18(13)26-27(17)3)16-14(20)10-23-19(25-16)24-15-6-4-5-7-21-15/h4,6-11H,1-3H3,(H,21,23,24,25). The van der Waals surface area contributed by atoms with Crippen LogP contribution in [0.1, 0.15) is 25.5 Å². The lowest BCUT2D eigenvalue weighted by Gasteiger charge is -2.08. The van der Waals surface area contributed by atoms with Crippen molar-refractivity contribution in [3.05, 3.63) is 54.4 Å². The molecule has 1 radical (unpaired) electrons. The molecule has 0 amide bonds. The molecule has 1 N–H and O–H groups in total. The van der Waals surface area contributed by atoms with Gasteiger partial charge in [0.2, 0.25) is 5.95 Å². The van der Waals surface area contributed by atoms with Crippen molar-refractivity contribution in [1.29, 1.82) is 0 Å². The molecule has 4 aromatic rings. The molecule has 0 spiro atoms. The summed E-state index contributed by atoms with van der Waals surface area (Å²) in [6.07, 6.45) is 4.24. The summed E-state index contributed by atoms with van der Waals surface area (Å²) >= 11 is 0. The van der Waals surface area contributed by atoms with Crippen LogP contribution in [0.15, 0.2) is 36.8 Å². The molecule has 0 bridgehead atoms. The maximum atomic E-state index is 14.4. The molecule has 4 heterocycles. The number of halogens is 1. The van der Waals surface area contributed by atoms with E-state index in [2.05, 4.69) is 50.3 Å². The van der Waals surface area contributed by atoms with Gasteiger partial charge in [0.25, 0.3) is 0 Å². The summed E-state index contributed by atoms with van der Waals surface area (Å²) in [6, 6.07) is 8.14. The topological polar surface area (TPSA) is 81.4 Å². The Morgan fingerprint density at radius 2 is 2.04 bits per heavy atom. The van der Waals surface area contributed by atoms with Crippen LogP contribution in [-0.2, 0) is 7.05 Å². The molecule has 0 saturated carbocycles. The van der Waals surface area contributed by atoms with E-state index in [1.54, 1.807) is 18.3 Å². The number of nitrogens with one attached hydrogen (secondary N) is 1. The Morgan fingerprint density at radius 3 is 2.78 bits per heavy atom. The zero-order chi connectivity index (χ0) is 19.0. The van der Waals surface area contributed by atoms with Crippen LogP contribution in [0.5, 0.6) is 0 Å². The Morgan fingerprint density at radius 1 is 1.19 bits per heavy atom. The number of hydrogen-bond acceptors (Lipinski definition) is 6. The summed E-state index contributed by atoms with van der Waals surface area (Å²) < 4.78 is 16.2. The minimum absolute atomic E-state index is 0.169. The number of nitrogens with zero attached hydrogens (tertiary/aromatic N) is 6. The molecule has 0 aromatic carbocycles. The molecular formula is C19H17FN7. The van der Waals surface area contributed by atoms with Crippen molar-refractivity contribution in [2.45, 2.75) is 19.8 Å². The minimum Gasteiger partial charge on any atom is -0.309 e. The number of rotatable bonds is 4. The third-order valence-electron chi connectivity index (χ3n) is 4.16. The van der Waals surface area contributed by atoms with Crippen LogP contribution in [0.2, 0.25) is 0 Å².